The van der Waals surface area contributed by atoms with Crippen molar-refractivity contribution in [1.29, 1.82) is 0 Å². The first kappa shape index (κ1) is 16.5. The molecular formula is C19H31NO. The molecule has 0 heterocycles. The Balaban J connectivity index is 2.26. The molecule has 1 saturated carbocycles. The van der Waals surface area contributed by atoms with Crippen LogP contribution in [-0.2, 0) is 11.2 Å². The molecule has 1 atom stereocenters. The molecule has 21 heavy (non-hydrogen) atoms. The minimum atomic E-state index is 0.0350. The van der Waals surface area contributed by atoms with E-state index < -0.39 is 0 Å². The highest BCUT2D eigenvalue weighted by molar-refractivity contribution is 5.38. The van der Waals surface area contributed by atoms with E-state index in [2.05, 4.69) is 52.2 Å². The van der Waals surface area contributed by atoms with Crippen molar-refractivity contribution in [3.8, 4) is 0 Å². The maximum absolute atomic E-state index is 6.26. The number of ether oxygens (including phenoxy) is 1. The van der Waals surface area contributed by atoms with Crippen LogP contribution < -0.4 is 5.32 Å². The fourth-order valence-corrected chi connectivity index (χ4v) is 4.14. The van der Waals surface area contributed by atoms with Crippen LogP contribution >= 0.6 is 0 Å². The van der Waals surface area contributed by atoms with E-state index in [-0.39, 0.29) is 5.60 Å². The van der Waals surface area contributed by atoms with Crippen LogP contribution in [0.3, 0.4) is 0 Å². The summed E-state index contributed by atoms with van der Waals surface area (Å²) in [6.07, 6.45) is 6.04. The molecule has 0 amide bonds. The van der Waals surface area contributed by atoms with E-state index in [9.17, 15) is 0 Å². The van der Waals surface area contributed by atoms with Crippen LogP contribution in [0.5, 0.6) is 0 Å². The number of rotatable bonds is 6. The molecule has 0 aromatic heterocycles. The van der Waals surface area contributed by atoms with Gasteiger partial charge in [0.05, 0.1) is 5.60 Å². The van der Waals surface area contributed by atoms with E-state index in [0.717, 1.165) is 13.0 Å². The van der Waals surface area contributed by atoms with Crippen molar-refractivity contribution in [3.63, 3.8) is 0 Å². The van der Waals surface area contributed by atoms with Crippen molar-refractivity contribution in [2.75, 3.05) is 13.7 Å². The number of hydrogen-bond donors (Lipinski definition) is 1. The summed E-state index contributed by atoms with van der Waals surface area (Å²) in [5.41, 5.74) is 5.71. The Morgan fingerprint density at radius 1 is 1.14 bits per heavy atom. The Bertz CT molecular complexity index is 451. The lowest BCUT2D eigenvalue weighted by Crippen LogP contribution is -2.51. The van der Waals surface area contributed by atoms with Gasteiger partial charge in [-0.2, -0.15) is 0 Å². The summed E-state index contributed by atoms with van der Waals surface area (Å²) in [7, 11) is 2.09. The first-order valence-electron chi connectivity index (χ1n) is 8.40. The average Bonchev–Trinajstić information content (AvgIpc) is 2.88. The first-order valence-corrected chi connectivity index (χ1v) is 8.40. The van der Waals surface area contributed by atoms with Crippen LogP contribution in [0, 0.1) is 20.8 Å². The highest BCUT2D eigenvalue weighted by Crippen LogP contribution is 2.38. The molecule has 1 aromatic rings. The number of nitrogens with one attached hydrogen (secondary N) is 1. The second-order valence-electron chi connectivity index (χ2n) is 6.63. The van der Waals surface area contributed by atoms with Crippen molar-refractivity contribution in [3.05, 3.63) is 34.4 Å². The monoisotopic (exact) mass is 289 g/mol. The van der Waals surface area contributed by atoms with Gasteiger partial charge in [0.15, 0.2) is 0 Å². The molecule has 118 valence electrons. The molecule has 0 bridgehead atoms. The lowest BCUT2D eigenvalue weighted by atomic mass is 9.84. The van der Waals surface area contributed by atoms with Gasteiger partial charge in [0.1, 0.15) is 0 Å². The normalized spacial score (nSPS) is 18.9. The predicted octanol–water partition coefficient (Wildman–Crippen LogP) is 4.09. The second kappa shape index (κ2) is 6.93. The molecule has 1 aliphatic rings. The lowest BCUT2D eigenvalue weighted by molar-refractivity contribution is -0.0597. The van der Waals surface area contributed by atoms with Crippen molar-refractivity contribution < 1.29 is 4.74 Å². The summed E-state index contributed by atoms with van der Waals surface area (Å²) in [6, 6.07) is 5.01. The molecule has 0 aliphatic heterocycles. The zero-order valence-corrected chi connectivity index (χ0v) is 14.4. The molecule has 1 N–H and O–H groups in total. The van der Waals surface area contributed by atoms with Crippen LogP contribution in [-0.4, -0.2) is 25.3 Å². The van der Waals surface area contributed by atoms with Gasteiger partial charge in [-0.3, -0.25) is 0 Å². The molecule has 1 fully saturated rings. The minimum absolute atomic E-state index is 0.0350. The van der Waals surface area contributed by atoms with Gasteiger partial charge in [0, 0.05) is 12.6 Å². The van der Waals surface area contributed by atoms with E-state index in [1.165, 1.54) is 47.9 Å². The van der Waals surface area contributed by atoms with Crippen molar-refractivity contribution in [2.45, 2.75) is 71.4 Å². The van der Waals surface area contributed by atoms with Gasteiger partial charge >= 0.3 is 0 Å². The van der Waals surface area contributed by atoms with Crippen LogP contribution in [0.4, 0.5) is 0 Å². The van der Waals surface area contributed by atoms with E-state index in [4.69, 9.17) is 4.74 Å². The molecule has 0 spiro atoms. The van der Waals surface area contributed by atoms with Gasteiger partial charge in [0.2, 0.25) is 0 Å². The Morgan fingerprint density at radius 2 is 1.71 bits per heavy atom. The second-order valence-corrected chi connectivity index (χ2v) is 6.63. The van der Waals surface area contributed by atoms with Gasteiger partial charge in [-0.25, -0.2) is 0 Å². The molecular weight excluding hydrogens is 258 g/mol. The van der Waals surface area contributed by atoms with Gasteiger partial charge < -0.3 is 10.1 Å². The first-order chi connectivity index (χ1) is 10.0. The topological polar surface area (TPSA) is 21.3 Å². The molecule has 2 nitrogen and oxygen atoms in total. The van der Waals surface area contributed by atoms with Crippen molar-refractivity contribution >= 4 is 0 Å². The number of benzene rings is 1. The largest absolute Gasteiger partial charge is 0.374 e. The Morgan fingerprint density at radius 3 is 2.19 bits per heavy atom. The van der Waals surface area contributed by atoms with Crippen LogP contribution in [0.1, 0.15) is 54.9 Å². The number of hydrogen-bond acceptors (Lipinski definition) is 2. The van der Waals surface area contributed by atoms with Crippen LogP contribution in [0.2, 0.25) is 0 Å². The number of aryl methyl sites for hydroxylation is 3. The SMILES string of the molecule is CCOC1(C(Cc2c(C)cc(C)cc2C)NC)CCCC1. The summed E-state index contributed by atoms with van der Waals surface area (Å²) in [5, 5.41) is 3.56. The molecule has 0 radical (unpaired) electrons. The maximum Gasteiger partial charge on any atom is 0.0837 e. The van der Waals surface area contributed by atoms with Gasteiger partial charge in [-0.05, 0) is 70.7 Å². The Hall–Kier alpha value is -0.860. The van der Waals surface area contributed by atoms with E-state index in [0.29, 0.717) is 6.04 Å². The zero-order chi connectivity index (χ0) is 15.5. The van der Waals surface area contributed by atoms with E-state index >= 15 is 0 Å². The fourth-order valence-electron chi connectivity index (χ4n) is 4.14. The molecule has 1 unspecified atom stereocenters. The third-order valence-electron chi connectivity index (χ3n) is 5.11. The number of likely N-dealkylation sites (N-methyl/N-ethyl adjacent to an activating group) is 1. The fraction of sp³-hybridized carbons (Fsp3) is 0.684. The smallest absolute Gasteiger partial charge is 0.0837 e. The summed E-state index contributed by atoms with van der Waals surface area (Å²) in [5.74, 6) is 0. The predicted molar refractivity (Wildman–Crippen MR) is 90.0 cm³/mol. The molecule has 1 aromatic carbocycles. The Kier molecular flexibility index (Phi) is 5.45. The highest BCUT2D eigenvalue weighted by Gasteiger charge is 2.41. The summed E-state index contributed by atoms with van der Waals surface area (Å²) >= 11 is 0. The van der Waals surface area contributed by atoms with Crippen molar-refractivity contribution in [1.82, 2.24) is 5.32 Å². The van der Waals surface area contributed by atoms with E-state index in [1.807, 2.05) is 0 Å². The quantitative estimate of drug-likeness (QED) is 0.851. The summed E-state index contributed by atoms with van der Waals surface area (Å²) in [6.45, 7) is 9.59. The summed E-state index contributed by atoms with van der Waals surface area (Å²) in [4.78, 5) is 0. The minimum Gasteiger partial charge on any atom is -0.374 e. The van der Waals surface area contributed by atoms with Gasteiger partial charge in [-0.15, -0.1) is 0 Å². The van der Waals surface area contributed by atoms with Crippen LogP contribution in [0.15, 0.2) is 12.1 Å². The highest BCUT2D eigenvalue weighted by atomic mass is 16.5. The molecule has 0 saturated heterocycles. The molecule has 2 heteroatoms. The van der Waals surface area contributed by atoms with Crippen LogP contribution in [0.25, 0.3) is 0 Å². The average molecular weight is 289 g/mol. The van der Waals surface area contributed by atoms with Gasteiger partial charge in [0.25, 0.3) is 0 Å². The van der Waals surface area contributed by atoms with Gasteiger partial charge in [-0.1, -0.05) is 30.5 Å². The zero-order valence-electron chi connectivity index (χ0n) is 14.4. The third kappa shape index (κ3) is 3.49. The standard InChI is InChI=1S/C19H31NO/c1-6-21-19(9-7-8-10-19)18(20-5)13-17-15(3)11-14(2)12-16(17)4/h11-12,18,20H,6-10,13H2,1-5H3. The summed E-state index contributed by atoms with van der Waals surface area (Å²) < 4.78 is 6.26. The van der Waals surface area contributed by atoms with Crippen molar-refractivity contribution in [2.24, 2.45) is 0 Å². The third-order valence-corrected chi connectivity index (χ3v) is 5.11. The molecule has 1 aliphatic carbocycles. The molecule has 2 rings (SSSR count). The maximum atomic E-state index is 6.26. The van der Waals surface area contributed by atoms with E-state index in [1.54, 1.807) is 0 Å². The Labute approximate surface area is 130 Å². The lowest BCUT2D eigenvalue weighted by Gasteiger charge is -2.38.